The second-order valence-electron chi connectivity index (χ2n) is 5.03. The zero-order valence-corrected chi connectivity index (χ0v) is 14.5. The van der Waals surface area contributed by atoms with Gasteiger partial charge in [0, 0.05) is 17.1 Å². The van der Waals surface area contributed by atoms with Gasteiger partial charge >= 0.3 is 0 Å². The van der Waals surface area contributed by atoms with Gasteiger partial charge < -0.3 is 9.40 Å². The summed E-state index contributed by atoms with van der Waals surface area (Å²) in [5.41, 5.74) is 1.44. The average molecular weight is 349 g/mol. The number of nitrogens with zero attached hydrogens (tertiary/aromatic N) is 4. The number of hydrogen-bond donors (Lipinski definition) is 1. The molecule has 0 aliphatic heterocycles. The van der Waals surface area contributed by atoms with Crippen LogP contribution in [-0.2, 0) is 6.42 Å². The molecule has 0 fully saturated rings. The molecule has 0 amide bonds. The summed E-state index contributed by atoms with van der Waals surface area (Å²) in [6.07, 6.45) is 0.520. The maximum Gasteiger partial charge on any atom is 0.277 e. The van der Waals surface area contributed by atoms with E-state index < -0.39 is 0 Å². The molecular weight excluding hydrogens is 334 g/mol. The Morgan fingerprint density at radius 3 is 2.87 bits per heavy atom. The number of thiazole rings is 1. The molecular formula is C14H15N5O2S2. The normalized spacial score (nSPS) is 12.5. The van der Waals surface area contributed by atoms with E-state index in [4.69, 9.17) is 4.42 Å². The van der Waals surface area contributed by atoms with Gasteiger partial charge in [0.25, 0.3) is 10.8 Å². The van der Waals surface area contributed by atoms with Gasteiger partial charge in [-0.3, -0.25) is 4.79 Å². The Kier molecular flexibility index (Phi) is 4.58. The minimum atomic E-state index is -0.162. The van der Waals surface area contributed by atoms with Crippen LogP contribution in [0.25, 0.3) is 0 Å². The number of aromatic amines is 1. The average Bonchev–Trinajstić information content (AvgIpc) is 3.07. The van der Waals surface area contributed by atoms with Crippen LogP contribution in [0.2, 0.25) is 0 Å². The number of rotatable bonds is 5. The van der Waals surface area contributed by atoms with Crippen LogP contribution in [0.4, 0.5) is 0 Å². The molecule has 1 unspecified atom stereocenters. The van der Waals surface area contributed by atoms with Gasteiger partial charge in [0.2, 0.25) is 5.89 Å². The standard InChI is InChI=1S/C14H15N5O2S2/c1-7-4-11(20)17-13(15-7)8(2)23-14-19-18-12(21-14)5-10-6-22-9(3)16-10/h4,6,8H,5H2,1-3H3,(H,15,17,20). The highest BCUT2D eigenvalue weighted by Gasteiger charge is 2.16. The fourth-order valence-corrected chi connectivity index (χ4v) is 3.37. The molecule has 3 aromatic rings. The number of aryl methyl sites for hydroxylation is 2. The Labute approximate surface area is 140 Å². The van der Waals surface area contributed by atoms with Crippen LogP contribution in [0.3, 0.4) is 0 Å². The largest absolute Gasteiger partial charge is 0.416 e. The van der Waals surface area contributed by atoms with Crippen molar-refractivity contribution >= 4 is 23.1 Å². The minimum Gasteiger partial charge on any atom is -0.416 e. The van der Waals surface area contributed by atoms with Crippen molar-refractivity contribution in [2.75, 3.05) is 0 Å². The predicted molar refractivity (Wildman–Crippen MR) is 87.8 cm³/mol. The van der Waals surface area contributed by atoms with E-state index in [1.54, 1.807) is 18.3 Å². The number of nitrogens with one attached hydrogen (secondary N) is 1. The van der Waals surface area contributed by atoms with E-state index in [0.717, 1.165) is 10.7 Å². The van der Waals surface area contributed by atoms with Crippen molar-refractivity contribution in [2.45, 2.75) is 37.7 Å². The van der Waals surface area contributed by atoms with Gasteiger partial charge in [-0.1, -0.05) is 11.8 Å². The van der Waals surface area contributed by atoms with E-state index in [1.165, 1.54) is 17.8 Å². The maximum absolute atomic E-state index is 11.5. The highest BCUT2D eigenvalue weighted by Crippen LogP contribution is 2.31. The summed E-state index contributed by atoms with van der Waals surface area (Å²) in [4.78, 5) is 23.0. The fourth-order valence-electron chi connectivity index (χ4n) is 2.00. The van der Waals surface area contributed by atoms with Crippen LogP contribution in [0, 0.1) is 13.8 Å². The van der Waals surface area contributed by atoms with Crippen molar-refractivity contribution in [3.05, 3.63) is 49.9 Å². The van der Waals surface area contributed by atoms with Crippen molar-refractivity contribution in [3.8, 4) is 0 Å². The van der Waals surface area contributed by atoms with Crippen LogP contribution < -0.4 is 5.56 Å². The molecule has 0 aliphatic carbocycles. The molecule has 0 saturated heterocycles. The zero-order valence-electron chi connectivity index (χ0n) is 12.9. The summed E-state index contributed by atoms with van der Waals surface area (Å²) in [5.74, 6) is 1.12. The molecule has 3 aromatic heterocycles. The Balaban J connectivity index is 1.69. The second-order valence-corrected chi connectivity index (χ2v) is 7.38. The molecule has 120 valence electrons. The molecule has 23 heavy (non-hydrogen) atoms. The molecule has 3 rings (SSSR count). The van der Waals surface area contributed by atoms with Gasteiger partial charge in [0.15, 0.2) is 0 Å². The van der Waals surface area contributed by atoms with E-state index in [9.17, 15) is 4.79 Å². The molecule has 0 saturated carbocycles. The Hall–Kier alpha value is -2.00. The molecule has 3 heterocycles. The topological polar surface area (TPSA) is 97.6 Å². The lowest BCUT2D eigenvalue weighted by molar-refractivity contribution is 0.418. The van der Waals surface area contributed by atoms with Gasteiger partial charge in [-0.05, 0) is 20.8 Å². The van der Waals surface area contributed by atoms with Crippen molar-refractivity contribution in [1.29, 1.82) is 0 Å². The van der Waals surface area contributed by atoms with Gasteiger partial charge in [-0.2, -0.15) is 0 Å². The quantitative estimate of drug-likeness (QED) is 0.707. The van der Waals surface area contributed by atoms with E-state index in [-0.39, 0.29) is 10.8 Å². The molecule has 7 nitrogen and oxygen atoms in total. The predicted octanol–water partition coefficient (Wildman–Crippen LogP) is 2.67. The third kappa shape index (κ3) is 4.05. The molecule has 0 aromatic carbocycles. The lowest BCUT2D eigenvalue weighted by Crippen LogP contribution is -2.12. The molecule has 1 atom stereocenters. The molecule has 0 aliphatic rings. The summed E-state index contributed by atoms with van der Waals surface area (Å²) < 4.78 is 5.64. The molecule has 0 bridgehead atoms. The SMILES string of the molecule is Cc1cc(=O)[nH]c(C(C)Sc2nnc(Cc3csc(C)n3)o2)n1. The first kappa shape index (κ1) is 15.9. The van der Waals surface area contributed by atoms with E-state index in [1.807, 2.05) is 19.2 Å². The van der Waals surface area contributed by atoms with Gasteiger partial charge in [0.05, 0.1) is 22.4 Å². The van der Waals surface area contributed by atoms with Crippen LogP contribution in [0.15, 0.2) is 25.9 Å². The van der Waals surface area contributed by atoms with Crippen LogP contribution in [0.1, 0.15) is 40.3 Å². The van der Waals surface area contributed by atoms with Crippen LogP contribution in [0.5, 0.6) is 0 Å². The monoisotopic (exact) mass is 349 g/mol. The summed E-state index contributed by atoms with van der Waals surface area (Å²) in [7, 11) is 0. The second kappa shape index (κ2) is 6.63. The maximum atomic E-state index is 11.5. The summed E-state index contributed by atoms with van der Waals surface area (Å²) in [6.45, 7) is 5.67. The Morgan fingerprint density at radius 1 is 1.35 bits per heavy atom. The number of hydrogen-bond acceptors (Lipinski definition) is 8. The van der Waals surface area contributed by atoms with Crippen molar-refractivity contribution in [1.82, 2.24) is 25.1 Å². The molecule has 0 spiro atoms. The first-order valence-corrected chi connectivity index (χ1v) is 8.73. The van der Waals surface area contributed by atoms with Crippen molar-refractivity contribution in [2.24, 2.45) is 0 Å². The summed E-state index contributed by atoms with van der Waals surface area (Å²) in [5, 5.41) is 11.4. The minimum absolute atomic E-state index is 0.0996. The highest BCUT2D eigenvalue weighted by molar-refractivity contribution is 7.99. The first-order chi connectivity index (χ1) is 11.0. The third-order valence-electron chi connectivity index (χ3n) is 3.00. The van der Waals surface area contributed by atoms with Crippen molar-refractivity contribution < 1.29 is 4.42 Å². The highest BCUT2D eigenvalue weighted by atomic mass is 32.2. The lowest BCUT2D eigenvalue weighted by Gasteiger charge is -2.07. The molecule has 0 radical (unpaired) electrons. The summed E-state index contributed by atoms with van der Waals surface area (Å²) >= 11 is 2.95. The smallest absolute Gasteiger partial charge is 0.277 e. The van der Waals surface area contributed by atoms with Crippen LogP contribution >= 0.6 is 23.1 Å². The Bertz CT molecular complexity index is 870. The van der Waals surface area contributed by atoms with Crippen LogP contribution in [-0.4, -0.2) is 25.1 Å². The van der Waals surface area contributed by atoms with Gasteiger partial charge in [-0.15, -0.1) is 21.5 Å². The number of H-pyrrole nitrogens is 1. The van der Waals surface area contributed by atoms with E-state index in [2.05, 4.69) is 25.1 Å². The number of aromatic nitrogens is 5. The fraction of sp³-hybridized carbons (Fsp3) is 0.357. The first-order valence-electron chi connectivity index (χ1n) is 6.97. The van der Waals surface area contributed by atoms with Crippen molar-refractivity contribution in [3.63, 3.8) is 0 Å². The van der Waals surface area contributed by atoms with E-state index >= 15 is 0 Å². The molecule has 1 N–H and O–H groups in total. The zero-order chi connectivity index (χ0) is 16.4. The lowest BCUT2D eigenvalue weighted by atomic mass is 10.3. The summed E-state index contributed by atoms with van der Waals surface area (Å²) in [6, 6.07) is 1.46. The van der Waals surface area contributed by atoms with Gasteiger partial charge in [0.1, 0.15) is 5.82 Å². The van der Waals surface area contributed by atoms with Gasteiger partial charge in [-0.25, -0.2) is 9.97 Å². The molecule has 9 heteroatoms. The third-order valence-corrected chi connectivity index (χ3v) is 4.76. The Morgan fingerprint density at radius 2 is 2.17 bits per heavy atom. The number of thioether (sulfide) groups is 1. The van der Waals surface area contributed by atoms with E-state index in [0.29, 0.717) is 29.1 Å².